The van der Waals surface area contributed by atoms with Gasteiger partial charge in [0.2, 0.25) is 0 Å². The maximum atomic E-state index is 12.6. The van der Waals surface area contributed by atoms with E-state index >= 15 is 0 Å². The Balaban J connectivity index is 0.00000196. The summed E-state index contributed by atoms with van der Waals surface area (Å²) in [5.74, 6) is -0.247. The minimum absolute atomic E-state index is 0. The Bertz CT molecular complexity index is 749. The van der Waals surface area contributed by atoms with Crippen molar-refractivity contribution in [1.82, 2.24) is 35.5 Å². The zero-order valence-corrected chi connectivity index (χ0v) is 16.3. The maximum Gasteiger partial charge on any atom is 0.417 e. The molecule has 0 spiro atoms. The fraction of sp³-hybridized carbons (Fsp3) is 0.467. The van der Waals surface area contributed by atoms with Crippen molar-refractivity contribution in [3.63, 3.8) is 0 Å². The first-order valence-electron chi connectivity index (χ1n) is 8.11. The Hall–Kier alpha value is -1.95. The fourth-order valence-corrected chi connectivity index (χ4v) is 2.52. The van der Waals surface area contributed by atoms with Gasteiger partial charge in [-0.05, 0) is 12.1 Å². The molecule has 0 atom stereocenters. The van der Waals surface area contributed by atoms with E-state index in [-0.39, 0.29) is 36.3 Å². The second kappa shape index (κ2) is 10.6. The molecular weight excluding hydrogens is 422 g/mol. The molecule has 2 aromatic heterocycles. The van der Waals surface area contributed by atoms with E-state index in [4.69, 9.17) is 0 Å². The first kappa shape index (κ1) is 24.1. The summed E-state index contributed by atoms with van der Waals surface area (Å²) in [5.41, 5.74) is -0.778. The Morgan fingerprint density at radius 2 is 1.93 bits per heavy atom. The summed E-state index contributed by atoms with van der Waals surface area (Å²) in [4.78, 5) is 18.0. The molecule has 0 aliphatic carbocycles. The minimum Gasteiger partial charge on any atom is -0.349 e. The molecule has 1 amide bonds. The summed E-state index contributed by atoms with van der Waals surface area (Å²) in [5, 5.41) is 13.5. The van der Waals surface area contributed by atoms with Crippen molar-refractivity contribution in [3.05, 3.63) is 35.8 Å². The molecule has 1 aliphatic heterocycles. The van der Waals surface area contributed by atoms with Crippen molar-refractivity contribution >= 4 is 30.7 Å². The van der Waals surface area contributed by atoms with E-state index in [2.05, 4.69) is 30.8 Å². The first-order valence-corrected chi connectivity index (χ1v) is 8.11. The summed E-state index contributed by atoms with van der Waals surface area (Å²) < 4.78 is 38.8. The van der Waals surface area contributed by atoms with Crippen molar-refractivity contribution in [1.29, 1.82) is 0 Å². The summed E-state index contributed by atoms with van der Waals surface area (Å²) in [6.45, 7) is 4.95. The maximum absolute atomic E-state index is 12.6. The SMILES string of the molecule is Cl.Cl.O=C(NCCN1CCNCC1)c1cn(-c2ccc(C(F)(F)F)cn2)nn1. The van der Waals surface area contributed by atoms with Crippen LogP contribution in [0.2, 0.25) is 0 Å². The summed E-state index contributed by atoms with van der Waals surface area (Å²) in [6.07, 6.45) is -2.41. The highest BCUT2D eigenvalue weighted by Crippen LogP contribution is 2.28. The van der Waals surface area contributed by atoms with Gasteiger partial charge in [-0.1, -0.05) is 5.21 Å². The molecule has 13 heteroatoms. The normalized spacial score (nSPS) is 14.7. The molecule has 2 aromatic rings. The quantitative estimate of drug-likeness (QED) is 0.723. The number of hydrogen-bond acceptors (Lipinski definition) is 6. The number of piperazine rings is 1. The molecule has 0 bridgehead atoms. The van der Waals surface area contributed by atoms with E-state index in [1.54, 1.807) is 0 Å². The Morgan fingerprint density at radius 3 is 2.54 bits per heavy atom. The molecule has 0 saturated carbocycles. The molecule has 1 saturated heterocycles. The molecule has 3 heterocycles. The van der Waals surface area contributed by atoms with Crippen LogP contribution in [0.5, 0.6) is 0 Å². The van der Waals surface area contributed by atoms with Crippen LogP contribution in [0.3, 0.4) is 0 Å². The van der Waals surface area contributed by atoms with Gasteiger partial charge >= 0.3 is 6.18 Å². The van der Waals surface area contributed by atoms with Gasteiger partial charge in [0.1, 0.15) is 0 Å². The lowest BCUT2D eigenvalue weighted by Gasteiger charge is -2.26. The van der Waals surface area contributed by atoms with E-state index in [0.29, 0.717) is 12.7 Å². The van der Waals surface area contributed by atoms with Gasteiger partial charge in [-0.2, -0.15) is 13.2 Å². The average Bonchev–Trinajstić information content (AvgIpc) is 3.12. The third kappa shape index (κ3) is 6.30. The Labute approximate surface area is 171 Å². The fourth-order valence-electron chi connectivity index (χ4n) is 2.52. The van der Waals surface area contributed by atoms with E-state index in [1.807, 2.05) is 0 Å². The summed E-state index contributed by atoms with van der Waals surface area (Å²) in [7, 11) is 0. The summed E-state index contributed by atoms with van der Waals surface area (Å²) in [6, 6.07) is 2.07. The number of rotatable bonds is 5. The number of nitrogens with zero attached hydrogens (tertiary/aromatic N) is 5. The van der Waals surface area contributed by atoms with Gasteiger partial charge in [0.15, 0.2) is 11.5 Å². The van der Waals surface area contributed by atoms with Crippen molar-refractivity contribution in [2.45, 2.75) is 6.18 Å². The predicted molar refractivity (Wildman–Crippen MR) is 100 cm³/mol. The van der Waals surface area contributed by atoms with Gasteiger partial charge in [0.25, 0.3) is 5.91 Å². The molecule has 1 aliphatic rings. The molecule has 3 rings (SSSR count). The van der Waals surface area contributed by atoms with Gasteiger partial charge in [0.05, 0.1) is 11.8 Å². The van der Waals surface area contributed by atoms with Gasteiger partial charge in [-0.15, -0.1) is 29.9 Å². The van der Waals surface area contributed by atoms with Crippen LogP contribution in [-0.2, 0) is 6.18 Å². The lowest BCUT2D eigenvalue weighted by Crippen LogP contribution is -2.46. The van der Waals surface area contributed by atoms with Gasteiger partial charge < -0.3 is 10.6 Å². The summed E-state index contributed by atoms with van der Waals surface area (Å²) >= 11 is 0. The first-order chi connectivity index (χ1) is 12.4. The topological polar surface area (TPSA) is 88.0 Å². The monoisotopic (exact) mass is 441 g/mol. The number of carbonyl (C=O) groups is 1. The molecular formula is C15H20Cl2F3N7O. The van der Waals surface area contributed by atoms with Gasteiger partial charge in [0, 0.05) is 45.5 Å². The molecule has 0 radical (unpaired) electrons. The molecule has 28 heavy (non-hydrogen) atoms. The second-order valence-corrected chi connectivity index (χ2v) is 5.80. The molecule has 0 aromatic carbocycles. The molecule has 2 N–H and O–H groups in total. The van der Waals surface area contributed by atoms with Crippen LogP contribution < -0.4 is 10.6 Å². The largest absolute Gasteiger partial charge is 0.417 e. The van der Waals surface area contributed by atoms with E-state index in [0.717, 1.165) is 43.5 Å². The number of alkyl halides is 3. The average molecular weight is 442 g/mol. The van der Waals surface area contributed by atoms with Gasteiger partial charge in [-0.25, -0.2) is 9.67 Å². The third-order valence-electron chi connectivity index (χ3n) is 3.96. The number of nitrogens with one attached hydrogen (secondary N) is 2. The van der Waals surface area contributed by atoms with Crippen LogP contribution in [-0.4, -0.2) is 70.1 Å². The van der Waals surface area contributed by atoms with Crippen LogP contribution in [0.1, 0.15) is 16.1 Å². The number of hydrogen-bond donors (Lipinski definition) is 2. The Kier molecular flexibility index (Phi) is 9.08. The van der Waals surface area contributed by atoms with Crippen LogP contribution in [0.15, 0.2) is 24.5 Å². The smallest absolute Gasteiger partial charge is 0.349 e. The lowest BCUT2D eigenvalue weighted by atomic mass is 10.3. The molecule has 1 fully saturated rings. The predicted octanol–water partition coefficient (Wildman–Crippen LogP) is 1.16. The third-order valence-corrected chi connectivity index (χ3v) is 3.96. The zero-order valence-electron chi connectivity index (χ0n) is 14.6. The van der Waals surface area contributed by atoms with E-state index in [1.165, 1.54) is 12.3 Å². The van der Waals surface area contributed by atoms with E-state index in [9.17, 15) is 18.0 Å². The molecule has 156 valence electrons. The van der Waals surface area contributed by atoms with Crippen molar-refractivity contribution < 1.29 is 18.0 Å². The minimum atomic E-state index is -4.45. The number of pyridine rings is 1. The van der Waals surface area contributed by atoms with Crippen LogP contribution in [0.25, 0.3) is 5.82 Å². The molecule has 0 unspecified atom stereocenters. The van der Waals surface area contributed by atoms with Crippen LogP contribution in [0, 0.1) is 0 Å². The van der Waals surface area contributed by atoms with Crippen molar-refractivity contribution in [2.24, 2.45) is 0 Å². The van der Waals surface area contributed by atoms with Crippen LogP contribution >= 0.6 is 24.8 Å². The zero-order chi connectivity index (χ0) is 18.6. The second-order valence-electron chi connectivity index (χ2n) is 5.80. The van der Waals surface area contributed by atoms with Crippen molar-refractivity contribution in [2.75, 3.05) is 39.3 Å². The van der Waals surface area contributed by atoms with Crippen LogP contribution in [0.4, 0.5) is 13.2 Å². The molecule has 8 nitrogen and oxygen atoms in total. The van der Waals surface area contributed by atoms with Gasteiger partial charge in [-0.3, -0.25) is 9.69 Å². The number of halogens is 5. The standard InChI is InChI=1S/C15H18F3N7O.2ClH/c16-15(17,18)11-1-2-13(21-9-11)25-10-12(22-23-25)14(26)20-5-8-24-6-3-19-4-7-24;;/h1-2,9-10,19H,3-8H2,(H,20,26);2*1H. The highest BCUT2D eigenvalue weighted by Gasteiger charge is 2.30. The van der Waals surface area contributed by atoms with E-state index < -0.39 is 17.6 Å². The highest BCUT2D eigenvalue weighted by atomic mass is 35.5. The Morgan fingerprint density at radius 1 is 1.21 bits per heavy atom. The lowest BCUT2D eigenvalue weighted by molar-refractivity contribution is -0.137. The van der Waals surface area contributed by atoms with Crippen molar-refractivity contribution in [3.8, 4) is 5.82 Å². The number of aromatic nitrogens is 4. The number of amides is 1. The number of carbonyl (C=O) groups excluding carboxylic acids is 1. The highest BCUT2D eigenvalue weighted by molar-refractivity contribution is 5.91.